The van der Waals surface area contributed by atoms with Gasteiger partial charge in [-0.3, -0.25) is 0 Å². The molecule has 2 rings (SSSR count). The van der Waals surface area contributed by atoms with E-state index < -0.39 is 0 Å². The normalized spacial score (nSPS) is 12.2. The number of nitrogens with one attached hydrogen (secondary N) is 2. The van der Waals surface area contributed by atoms with E-state index in [0.29, 0.717) is 0 Å². The van der Waals surface area contributed by atoms with Crippen LogP contribution in [0.3, 0.4) is 0 Å². The number of hydrogen-bond donors (Lipinski definition) is 3. The summed E-state index contributed by atoms with van der Waals surface area (Å²) >= 11 is 0. The van der Waals surface area contributed by atoms with Gasteiger partial charge in [0.25, 0.3) is 0 Å². The average molecular weight is 245 g/mol. The van der Waals surface area contributed by atoms with E-state index in [-0.39, 0.29) is 5.54 Å². The lowest BCUT2D eigenvalue weighted by atomic mass is 10.0. The van der Waals surface area contributed by atoms with Gasteiger partial charge < -0.3 is 16.0 Å². The highest BCUT2D eigenvalue weighted by Gasteiger charge is 2.09. The highest BCUT2D eigenvalue weighted by atomic mass is 14.9. The smallest absolute Gasteiger partial charge is 0.0457 e. The molecule has 0 unspecified atom stereocenters. The Kier molecular flexibility index (Phi) is 4.04. The Labute approximate surface area is 109 Å². The van der Waals surface area contributed by atoms with E-state index in [9.17, 15) is 0 Å². The number of fused-ring (bicyclic) bond motifs is 1. The van der Waals surface area contributed by atoms with Gasteiger partial charge in [0.1, 0.15) is 0 Å². The predicted molar refractivity (Wildman–Crippen MR) is 77.5 cm³/mol. The largest absolute Gasteiger partial charge is 0.361 e. The summed E-state index contributed by atoms with van der Waals surface area (Å²) in [4.78, 5) is 3.29. The highest BCUT2D eigenvalue weighted by Crippen LogP contribution is 2.17. The van der Waals surface area contributed by atoms with Crippen LogP contribution in [0.1, 0.15) is 32.3 Å². The molecule has 4 N–H and O–H groups in total. The number of hydrogen-bond acceptors (Lipinski definition) is 2. The Morgan fingerprint density at radius 1 is 1.28 bits per heavy atom. The Bertz CT molecular complexity index is 494. The molecule has 2 aromatic rings. The second-order valence-corrected chi connectivity index (χ2v) is 5.63. The summed E-state index contributed by atoms with van der Waals surface area (Å²) in [6.45, 7) is 6.08. The maximum atomic E-state index is 5.95. The minimum absolute atomic E-state index is 0.0531. The van der Waals surface area contributed by atoms with Crippen molar-refractivity contribution in [1.29, 1.82) is 0 Å². The summed E-state index contributed by atoms with van der Waals surface area (Å²) in [5.41, 5.74) is 8.44. The summed E-state index contributed by atoms with van der Waals surface area (Å²) in [7, 11) is 0. The summed E-state index contributed by atoms with van der Waals surface area (Å²) in [5, 5.41) is 4.79. The summed E-state index contributed by atoms with van der Waals surface area (Å²) in [5.74, 6) is 0. The third-order valence-corrected chi connectivity index (χ3v) is 3.17. The number of aromatic amines is 1. The third kappa shape index (κ3) is 3.59. The number of para-hydroxylation sites is 1. The monoisotopic (exact) mass is 245 g/mol. The summed E-state index contributed by atoms with van der Waals surface area (Å²) in [6, 6.07) is 8.40. The molecule has 0 aliphatic heterocycles. The number of aromatic nitrogens is 1. The minimum atomic E-state index is -0.0531. The number of rotatable bonds is 6. The maximum absolute atomic E-state index is 5.95. The van der Waals surface area contributed by atoms with Crippen LogP contribution in [0.15, 0.2) is 30.5 Å². The van der Waals surface area contributed by atoms with E-state index in [1.165, 1.54) is 16.5 Å². The molecule has 0 aliphatic rings. The van der Waals surface area contributed by atoms with Crippen LogP contribution in [0, 0.1) is 0 Å². The first kappa shape index (κ1) is 13.1. The van der Waals surface area contributed by atoms with Gasteiger partial charge in [0.05, 0.1) is 0 Å². The highest BCUT2D eigenvalue weighted by molar-refractivity contribution is 5.82. The molecule has 98 valence electrons. The van der Waals surface area contributed by atoms with Gasteiger partial charge in [-0.05, 0) is 44.9 Å². The molecule has 1 aromatic carbocycles. The molecule has 0 saturated heterocycles. The van der Waals surface area contributed by atoms with Crippen molar-refractivity contribution in [1.82, 2.24) is 10.3 Å². The van der Waals surface area contributed by atoms with E-state index in [0.717, 1.165) is 25.9 Å². The van der Waals surface area contributed by atoms with Crippen molar-refractivity contribution >= 4 is 10.9 Å². The third-order valence-electron chi connectivity index (χ3n) is 3.17. The molecule has 0 radical (unpaired) electrons. The molecule has 0 atom stereocenters. The van der Waals surface area contributed by atoms with Gasteiger partial charge in [0.2, 0.25) is 0 Å². The fourth-order valence-corrected chi connectivity index (χ4v) is 2.17. The number of nitrogens with two attached hydrogens (primary N) is 1. The molecule has 0 spiro atoms. The van der Waals surface area contributed by atoms with Crippen molar-refractivity contribution in [3.8, 4) is 0 Å². The Morgan fingerprint density at radius 3 is 2.83 bits per heavy atom. The standard InChI is InChI=1S/C15H23N3/c1-15(2,16)8-5-9-17-10-12-11-18-14-7-4-3-6-13(12)14/h3-4,6-7,11,17-18H,5,8-10,16H2,1-2H3. The van der Waals surface area contributed by atoms with Crippen LogP contribution >= 0.6 is 0 Å². The van der Waals surface area contributed by atoms with Gasteiger partial charge in [-0.15, -0.1) is 0 Å². The molecule has 0 fully saturated rings. The fourth-order valence-electron chi connectivity index (χ4n) is 2.17. The predicted octanol–water partition coefficient (Wildman–Crippen LogP) is 2.78. The maximum Gasteiger partial charge on any atom is 0.0457 e. The van der Waals surface area contributed by atoms with Crippen LogP contribution in [0.5, 0.6) is 0 Å². The van der Waals surface area contributed by atoms with Crippen molar-refractivity contribution in [2.24, 2.45) is 5.73 Å². The molecule has 0 bridgehead atoms. The van der Waals surface area contributed by atoms with Crippen LogP contribution in [0.2, 0.25) is 0 Å². The van der Waals surface area contributed by atoms with Crippen molar-refractivity contribution < 1.29 is 0 Å². The molecular weight excluding hydrogens is 222 g/mol. The lowest BCUT2D eigenvalue weighted by Crippen LogP contribution is -2.32. The van der Waals surface area contributed by atoms with Crippen LogP contribution in [-0.2, 0) is 6.54 Å². The topological polar surface area (TPSA) is 53.8 Å². The zero-order valence-electron chi connectivity index (χ0n) is 11.3. The van der Waals surface area contributed by atoms with Gasteiger partial charge in [-0.1, -0.05) is 18.2 Å². The molecule has 18 heavy (non-hydrogen) atoms. The van der Waals surface area contributed by atoms with Crippen molar-refractivity contribution in [3.63, 3.8) is 0 Å². The SMILES string of the molecule is CC(C)(N)CCCNCc1c[nH]c2ccccc12. The van der Waals surface area contributed by atoms with Crippen LogP contribution in [0.4, 0.5) is 0 Å². The Balaban J connectivity index is 1.80. The van der Waals surface area contributed by atoms with E-state index >= 15 is 0 Å². The zero-order valence-corrected chi connectivity index (χ0v) is 11.3. The first-order valence-corrected chi connectivity index (χ1v) is 6.61. The second kappa shape index (κ2) is 5.55. The molecule has 3 heteroatoms. The first-order chi connectivity index (χ1) is 8.56. The van der Waals surface area contributed by atoms with E-state index in [1.807, 2.05) is 0 Å². The minimum Gasteiger partial charge on any atom is -0.361 e. The van der Waals surface area contributed by atoms with Crippen molar-refractivity contribution in [2.45, 2.75) is 38.8 Å². The van der Waals surface area contributed by atoms with Crippen LogP contribution in [0.25, 0.3) is 10.9 Å². The molecule has 0 amide bonds. The Morgan fingerprint density at radius 2 is 2.06 bits per heavy atom. The summed E-state index contributed by atoms with van der Waals surface area (Å²) < 4.78 is 0. The molecule has 1 heterocycles. The number of benzene rings is 1. The zero-order chi connectivity index (χ0) is 13.0. The fraction of sp³-hybridized carbons (Fsp3) is 0.467. The van der Waals surface area contributed by atoms with Gasteiger partial charge in [0.15, 0.2) is 0 Å². The van der Waals surface area contributed by atoms with Crippen molar-refractivity contribution in [2.75, 3.05) is 6.54 Å². The quantitative estimate of drug-likeness (QED) is 0.685. The lowest BCUT2D eigenvalue weighted by Gasteiger charge is -2.17. The van der Waals surface area contributed by atoms with Crippen LogP contribution in [-0.4, -0.2) is 17.1 Å². The van der Waals surface area contributed by atoms with E-state index in [1.54, 1.807) is 0 Å². The number of H-pyrrole nitrogens is 1. The first-order valence-electron chi connectivity index (χ1n) is 6.61. The van der Waals surface area contributed by atoms with E-state index in [4.69, 9.17) is 5.73 Å². The molecule has 3 nitrogen and oxygen atoms in total. The van der Waals surface area contributed by atoms with Crippen LogP contribution < -0.4 is 11.1 Å². The molecule has 1 aromatic heterocycles. The van der Waals surface area contributed by atoms with Gasteiger partial charge >= 0.3 is 0 Å². The van der Waals surface area contributed by atoms with Crippen molar-refractivity contribution in [3.05, 3.63) is 36.0 Å². The average Bonchev–Trinajstić information content (AvgIpc) is 2.71. The Hall–Kier alpha value is -1.32. The molecular formula is C15H23N3. The second-order valence-electron chi connectivity index (χ2n) is 5.63. The molecule has 0 aliphatic carbocycles. The van der Waals surface area contributed by atoms with Gasteiger partial charge in [0, 0.05) is 29.2 Å². The lowest BCUT2D eigenvalue weighted by molar-refractivity contribution is 0.448. The van der Waals surface area contributed by atoms with Gasteiger partial charge in [-0.2, -0.15) is 0 Å². The van der Waals surface area contributed by atoms with Gasteiger partial charge in [-0.25, -0.2) is 0 Å². The summed E-state index contributed by atoms with van der Waals surface area (Å²) in [6.07, 6.45) is 4.25. The van der Waals surface area contributed by atoms with E-state index in [2.05, 4.69) is 54.6 Å². The molecule has 0 saturated carbocycles.